The molecular weight excluding hydrogens is 404 g/mol. The minimum atomic E-state index is -0.645. The molecule has 2 amide bonds. The van der Waals surface area contributed by atoms with Gasteiger partial charge in [-0.3, -0.25) is 24.3 Å². The number of benzene rings is 2. The fraction of sp³-hybridized carbons (Fsp3) is 0.286. The number of aryl methyl sites for hydroxylation is 2. The van der Waals surface area contributed by atoms with Crippen LogP contribution in [0.3, 0.4) is 0 Å². The number of amides is 2. The van der Waals surface area contributed by atoms with Gasteiger partial charge in [0.15, 0.2) is 5.58 Å². The molecule has 1 aromatic heterocycles. The number of aromatic nitrogens is 1. The molecule has 1 N–H and O–H groups in total. The molecular formula is C21H22N4O6. The third-order valence-corrected chi connectivity index (χ3v) is 4.78. The number of rotatable bonds is 8. The van der Waals surface area contributed by atoms with Crippen molar-refractivity contribution in [2.45, 2.75) is 26.3 Å². The number of hydrogen-bond donors (Lipinski definition) is 1. The van der Waals surface area contributed by atoms with Crippen molar-refractivity contribution in [3.05, 3.63) is 68.7 Å². The van der Waals surface area contributed by atoms with E-state index in [1.54, 1.807) is 12.1 Å². The van der Waals surface area contributed by atoms with Crippen molar-refractivity contribution in [1.82, 2.24) is 9.47 Å². The number of fused-ring (bicyclic) bond motifs is 1. The van der Waals surface area contributed by atoms with Crippen LogP contribution in [-0.4, -0.2) is 39.8 Å². The SMILES string of the molecule is Cc1ccc(NC(=O)CN(C)C(=O)CCCn2c(=O)oc3cc([N+](=O)[O-])ccc32)cc1. The number of nitro benzene ring substituents is 1. The molecule has 10 heteroatoms. The lowest BCUT2D eigenvalue weighted by molar-refractivity contribution is -0.384. The first kappa shape index (κ1) is 21.8. The third-order valence-electron chi connectivity index (χ3n) is 4.78. The molecule has 3 rings (SSSR count). The standard InChI is InChI=1S/C21H22N4O6/c1-14-5-7-15(8-6-14)22-19(26)13-23(2)20(27)4-3-11-24-17-10-9-16(25(29)30)12-18(17)31-21(24)28/h5-10,12H,3-4,11,13H2,1-2H3,(H,22,26). The van der Waals surface area contributed by atoms with E-state index in [-0.39, 0.29) is 42.6 Å². The minimum Gasteiger partial charge on any atom is -0.407 e. The number of non-ortho nitro benzene ring substituents is 1. The summed E-state index contributed by atoms with van der Waals surface area (Å²) in [5.41, 5.74) is 2.11. The molecule has 0 aliphatic heterocycles. The van der Waals surface area contributed by atoms with Gasteiger partial charge in [-0.1, -0.05) is 17.7 Å². The van der Waals surface area contributed by atoms with Gasteiger partial charge in [-0.2, -0.15) is 0 Å². The topological polar surface area (TPSA) is 128 Å². The van der Waals surface area contributed by atoms with E-state index in [1.165, 1.54) is 34.7 Å². The van der Waals surface area contributed by atoms with Crippen molar-refractivity contribution in [2.75, 3.05) is 18.9 Å². The van der Waals surface area contributed by atoms with Gasteiger partial charge in [0.2, 0.25) is 11.8 Å². The van der Waals surface area contributed by atoms with Gasteiger partial charge >= 0.3 is 5.76 Å². The predicted molar refractivity (Wildman–Crippen MR) is 114 cm³/mol. The summed E-state index contributed by atoms with van der Waals surface area (Å²) < 4.78 is 6.40. The van der Waals surface area contributed by atoms with Crippen LogP contribution in [0.25, 0.3) is 11.1 Å². The summed E-state index contributed by atoms with van der Waals surface area (Å²) in [6.07, 6.45) is 0.467. The summed E-state index contributed by atoms with van der Waals surface area (Å²) in [4.78, 5) is 48.1. The lowest BCUT2D eigenvalue weighted by Gasteiger charge is -2.17. The Balaban J connectivity index is 1.53. The average Bonchev–Trinajstić information content (AvgIpc) is 3.03. The Morgan fingerprint density at radius 1 is 1.19 bits per heavy atom. The smallest absolute Gasteiger partial charge is 0.407 e. The fourth-order valence-corrected chi connectivity index (χ4v) is 3.10. The normalized spacial score (nSPS) is 10.8. The highest BCUT2D eigenvalue weighted by atomic mass is 16.6. The van der Waals surface area contributed by atoms with Gasteiger partial charge in [-0.25, -0.2) is 4.79 Å². The Labute approximate surface area is 177 Å². The summed E-state index contributed by atoms with van der Waals surface area (Å²) >= 11 is 0. The van der Waals surface area contributed by atoms with Gasteiger partial charge in [0, 0.05) is 31.8 Å². The second-order valence-corrected chi connectivity index (χ2v) is 7.20. The van der Waals surface area contributed by atoms with E-state index in [0.717, 1.165) is 5.56 Å². The van der Waals surface area contributed by atoms with Crippen molar-refractivity contribution < 1.29 is 18.9 Å². The van der Waals surface area contributed by atoms with Crippen molar-refractivity contribution >= 4 is 34.3 Å². The third kappa shape index (κ3) is 5.35. The summed E-state index contributed by atoms with van der Waals surface area (Å²) in [5, 5.41) is 13.6. The van der Waals surface area contributed by atoms with Crippen molar-refractivity contribution in [1.29, 1.82) is 0 Å². The lowest BCUT2D eigenvalue weighted by Crippen LogP contribution is -2.35. The Morgan fingerprint density at radius 3 is 2.58 bits per heavy atom. The molecule has 31 heavy (non-hydrogen) atoms. The molecule has 0 aliphatic carbocycles. The molecule has 0 fully saturated rings. The van der Waals surface area contributed by atoms with Crippen LogP contribution in [0.5, 0.6) is 0 Å². The number of nitrogens with zero attached hydrogens (tertiary/aromatic N) is 3. The summed E-state index contributed by atoms with van der Waals surface area (Å²) in [6.45, 7) is 2.06. The van der Waals surface area contributed by atoms with Crippen LogP contribution < -0.4 is 11.1 Å². The second-order valence-electron chi connectivity index (χ2n) is 7.20. The summed E-state index contributed by atoms with van der Waals surface area (Å²) in [6, 6.07) is 11.3. The number of carbonyl (C=O) groups excluding carboxylic acids is 2. The molecule has 3 aromatic rings. The number of carbonyl (C=O) groups is 2. The van der Waals surface area contributed by atoms with E-state index in [9.17, 15) is 24.5 Å². The Hall–Kier alpha value is -3.95. The molecule has 0 saturated heterocycles. The van der Waals surface area contributed by atoms with Gasteiger partial charge in [-0.05, 0) is 31.5 Å². The first-order valence-corrected chi connectivity index (χ1v) is 9.63. The van der Waals surface area contributed by atoms with Gasteiger partial charge in [0.25, 0.3) is 5.69 Å². The first-order chi connectivity index (χ1) is 14.7. The van der Waals surface area contributed by atoms with Crippen LogP contribution >= 0.6 is 0 Å². The van der Waals surface area contributed by atoms with Crippen LogP contribution in [0.15, 0.2) is 51.7 Å². The lowest BCUT2D eigenvalue weighted by atomic mass is 10.2. The maximum absolute atomic E-state index is 12.3. The quantitative estimate of drug-likeness (QED) is 0.436. The monoisotopic (exact) mass is 426 g/mol. The number of oxazole rings is 1. The number of nitrogens with one attached hydrogen (secondary N) is 1. The highest BCUT2D eigenvalue weighted by molar-refractivity contribution is 5.94. The molecule has 0 unspecified atom stereocenters. The molecule has 0 radical (unpaired) electrons. The van der Waals surface area contributed by atoms with Crippen LogP contribution in [0.2, 0.25) is 0 Å². The van der Waals surface area contributed by atoms with Gasteiger partial charge in [-0.15, -0.1) is 0 Å². The highest BCUT2D eigenvalue weighted by Crippen LogP contribution is 2.20. The zero-order valence-corrected chi connectivity index (χ0v) is 17.2. The Bertz CT molecular complexity index is 1180. The molecule has 1 heterocycles. The summed E-state index contributed by atoms with van der Waals surface area (Å²) in [7, 11) is 1.54. The average molecular weight is 426 g/mol. The van der Waals surface area contributed by atoms with Gasteiger partial charge in [0.1, 0.15) is 0 Å². The van der Waals surface area contributed by atoms with E-state index in [1.807, 2.05) is 19.1 Å². The predicted octanol–water partition coefficient (Wildman–Crippen LogP) is 2.69. The van der Waals surface area contributed by atoms with Crippen LogP contribution in [0.1, 0.15) is 18.4 Å². The maximum Gasteiger partial charge on any atom is 0.419 e. The van der Waals surface area contributed by atoms with Crippen molar-refractivity contribution in [3.63, 3.8) is 0 Å². The van der Waals surface area contributed by atoms with E-state index in [0.29, 0.717) is 17.6 Å². The van der Waals surface area contributed by atoms with E-state index >= 15 is 0 Å². The molecule has 0 spiro atoms. The molecule has 0 bridgehead atoms. The molecule has 10 nitrogen and oxygen atoms in total. The Kier molecular flexibility index (Phi) is 6.49. The molecule has 2 aromatic carbocycles. The fourth-order valence-electron chi connectivity index (χ4n) is 3.10. The molecule has 0 aliphatic rings. The summed E-state index contributed by atoms with van der Waals surface area (Å²) in [5.74, 6) is -1.19. The van der Waals surface area contributed by atoms with Crippen LogP contribution in [-0.2, 0) is 16.1 Å². The highest BCUT2D eigenvalue weighted by Gasteiger charge is 2.16. The zero-order valence-electron chi connectivity index (χ0n) is 17.2. The zero-order chi connectivity index (χ0) is 22.5. The minimum absolute atomic E-state index is 0.0923. The van der Waals surface area contributed by atoms with Gasteiger partial charge < -0.3 is 14.6 Å². The first-order valence-electron chi connectivity index (χ1n) is 9.63. The van der Waals surface area contributed by atoms with Gasteiger partial charge in [0.05, 0.1) is 23.1 Å². The molecule has 0 saturated carbocycles. The second kappa shape index (κ2) is 9.24. The molecule has 162 valence electrons. The van der Waals surface area contributed by atoms with E-state index in [2.05, 4.69) is 5.32 Å². The van der Waals surface area contributed by atoms with E-state index in [4.69, 9.17) is 4.42 Å². The van der Waals surface area contributed by atoms with Crippen LogP contribution in [0, 0.1) is 17.0 Å². The van der Waals surface area contributed by atoms with Crippen molar-refractivity contribution in [3.8, 4) is 0 Å². The van der Waals surface area contributed by atoms with E-state index < -0.39 is 10.7 Å². The molecule has 0 atom stereocenters. The van der Waals surface area contributed by atoms with Crippen molar-refractivity contribution in [2.24, 2.45) is 0 Å². The largest absolute Gasteiger partial charge is 0.419 e. The number of likely N-dealkylation sites (N-methyl/N-ethyl adjacent to an activating group) is 1. The number of hydrogen-bond acceptors (Lipinski definition) is 6. The number of nitro groups is 1. The number of anilines is 1. The Morgan fingerprint density at radius 2 is 1.90 bits per heavy atom. The van der Waals surface area contributed by atoms with Crippen LogP contribution in [0.4, 0.5) is 11.4 Å². The maximum atomic E-state index is 12.3.